The predicted octanol–water partition coefficient (Wildman–Crippen LogP) is 1.19. The Morgan fingerprint density at radius 1 is 1.42 bits per heavy atom. The monoisotopic (exact) mass is 329 g/mol. The number of hydrogen-bond acceptors (Lipinski definition) is 5. The summed E-state index contributed by atoms with van der Waals surface area (Å²) in [6, 6.07) is 1.94. The van der Waals surface area contributed by atoms with Crippen LogP contribution in [0, 0.1) is 0 Å². The van der Waals surface area contributed by atoms with Crippen LogP contribution in [0.4, 0.5) is 5.69 Å². The molecule has 1 saturated heterocycles. The summed E-state index contributed by atoms with van der Waals surface area (Å²) in [4.78, 5) is 24.0. The van der Waals surface area contributed by atoms with Crippen molar-refractivity contribution in [3.8, 4) is 5.75 Å². The fraction of sp³-hybridized carbons (Fsp3) is 0.529. The molecule has 4 N–H and O–H groups in total. The van der Waals surface area contributed by atoms with Crippen molar-refractivity contribution in [2.75, 3.05) is 31.1 Å². The van der Waals surface area contributed by atoms with Crippen LogP contribution < -0.4 is 10.6 Å². The van der Waals surface area contributed by atoms with Gasteiger partial charge in [-0.15, -0.1) is 0 Å². The van der Waals surface area contributed by atoms with Crippen molar-refractivity contribution < 1.29 is 9.90 Å². The smallest absolute Gasteiger partial charge is 0.223 e. The largest absolute Gasteiger partial charge is 0.504 e. The third-order valence-electron chi connectivity index (χ3n) is 5.23. The SMILES string of the molecule is NCCCC(=O)N1CCN(c2c(O)cnc3[nH]ccc23)CC12CC2. The van der Waals surface area contributed by atoms with Gasteiger partial charge in [0.2, 0.25) is 5.91 Å². The molecule has 128 valence electrons. The maximum Gasteiger partial charge on any atom is 0.223 e. The lowest BCUT2D eigenvalue weighted by atomic mass is 10.1. The summed E-state index contributed by atoms with van der Waals surface area (Å²) >= 11 is 0. The summed E-state index contributed by atoms with van der Waals surface area (Å²) in [6.07, 6.45) is 6.65. The molecule has 1 saturated carbocycles. The quantitative estimate of drug-likeness (QED) is 0.782. The van der Waals surface area contributed by atoms with Gasteiger partial charge in [-0.3, -0.25) is 4.79 Å². The number of aromatic hydroxyl groups is 1. The number of nitrogens with one attached hydrogen (secondary N) is 1. The van der Waals surface area contributed by atoms with Crippen molar-refractivity contribution in [2.24, 2.45) is 5.73 Å². The van der Waals surface area contributed by atoms with Gasteiger partial charge >= 0.3 is 0 Å². The van der Waals surface area contributed by atoms with Crippen molar-refractivity contribution in [2.45, 2.75) is 31.2 Å². The highest BCUT2D eigenvalue weighted by Crippen LogP contribution is 2.47. The molecule has 1 amide bonds. The molecule has 24 heavy (non-hydrogen) atoms. The highest BCUT2D eigenvalue weighted by atomic mass is 16.3. The number of pyridine rings is 1. The molecule has 0 bridgehead atoms. The first kappa shape index (κ1) is 15.3. The van der Waals surface area contributed by atoms with E-state index in [1.54, 1.807) is 0 Å². The van der Waals surface area contributed by atoms with E-state index in [2.05, 4.69) is 14.9 Å². The van der Waals surface area contributed by atoms with Crippen LogP contribution in [0.2, 0.25) is 0 Å². The van der Waals surface area contributed by atoms with Crippen LogP contribution in [0.1, 0.15) is 25.7 Å². The predicted molar refractivity (Wildman–Crippen MR) is 91.9 cm³/mol. The van der Waals surface area contributed by atoms with Crippen molar-refractivity contribution >= 4 is 22.6 Å². The summed E-state index contributed by atoms with van der Waals surface area (Å²) in [7, 11) is 0. The number of hydrogen-bond donors (Lipinski definition) is 3. The number of aromatic amines is 1. The minimum atomic E-state index is -0.0672. The minimum Gasteiger partial charge on any atom is -0.504 e. The highest BCUT2D eigenvalue weighted by Gasteiger charge is 2.53. The van der Waals surface area contributed by atoms with E-state index in [-0.39, 0.29) is 17.2 Å². The molecule has 2 fully saturated rings. The molecule has 4 rings (SSSR count). The molecule has 1 aliphatic carbocycles. The number of anilines is 1. The molecule has 2 aromatic heterocycles. The Hall–Kier alpha value is -2.28. The first-order valence-corrected chi connectivity index (χ1v) is 8.55. The summed E-state index contributed by atoms with van der Waals surface area (Å²) < 4.78 is 0. The Labute approximate surface area is 140 Å². The fourth-order valence-corrected chi connectivity index (χ4v) is 3.83. The molecule has 1 aliphatic heterocycles. The average Bonchev–Trinajstić information content (AvgIpc) is 3.16. The molecule has 0 aromatic carbocycles. The van der Waals surface area contributed by atoms with Gasteiger partial charge in [-0.1, -0.05) is 0 Å². The lowest BCUT2D eigenvalue weighted by molar-refractivity contribution is -0.134. The number of H-pyrrole nitrogens is 1. The summed E-state index contributed by atoms with van der Waals surface area (Å²) in [5.41, 5.74) is 7.06. The third-order valence-corrected chi connectivity index (χ3v) is 5.23. The number of rotatable bonds is 4. The van der Waals surface area contributed by atoms with Crippen LogP contribution >= 0.6 is 0 Å². The zero-order valence-corrected chi connectivity index (χ0v) is 13.7. The minimum absolute atomic E-state index is 0.0672. The molecule has 0 radical (unpaired) electrons. The van der Waals surface area contributed by atoms with Crippen LogP contribution in [0.5, 0.6) is 5.75 Å². The van der Waals surface area contributed by atoms with Crippen LogP contribution in [-0.4, -0.2) is 57.6 Å². The molecular formula is C17H23N5O2. The van der Waals surface area contributed by atoms with E-state index in [9.17, 15) is 9.90 Å². The molecule has 0 unspecified atom stereocenters. The molecule has 2 aliphatic rings. The van der Waals surface area contributed by atoms with Crippen molar-refractivity contribution in [3.05, 3.63) is 18.5 Å². The van der Waals surface area contributed by atoms with Crippen molar-refractivity contribution in [1.29, 1.82) is 0 Å². The van der Waals surface area contributed by atoms with Crippen LogP contribution in [0.3, 0.4) is 0 Å². The lowest BCUT2D eigenvalue weighted by Crippen LogP contribution is -2.57. The van der Waals surface area contributed by atoms with E-state index in [0.717, 1.165) is 42.5 Å². The summed E-state index contributed by atoms with van der Waals surface area (Å²) in [5, 5.41) is 11.3. The molecular weight excluding hydrogens is 306 g/mol. The standard InChI is InChI=1S/C17H23N5O2/c18-6-1-2-14(24)22-9-8-21(11-17(22)4-5-17)15-12-3-7-19-16(12)20-10-13(15)23/h3,7,10,23H,1-2,4-6,8-9,11,18H2,(H,19,20). The number of fused-ring (bicyclic) bond motifs is 1. The second-order valence-corrected chi connectivity index (χ2v) is 6.82. The zero-order chi connectivity index (χ0) is 16.7. The van der Waals surface area contributed by atoms with Crippen molar-refractivity contribution in [3.63, 3.8) is 0 Å². The molecule has 3 heterocycles. The Kier molecular flexibility index (Phi) is 3.60. The summed E-state index contributed by atoms with van der Waals surface area (Å²) in [5.74, 6) is 0.407. The van der Waals surface area contributed by atoms with Gasteiger partial charge < -0.3 is 25.6 Å². The molecule has 1 spiro atoms. The second kappa shape index (κ2) is 5.66. The van der Waals surface area contributed by atoms with E-state index in [1.807, 2.05) is 17.2 Å². The number of carbonyl (C=O) groups excluding carboxylic acids is 1. The molecule has 7 heteroatoms. The zero-order valence-electron chi connectivity index (χ0n) is 13.7. The Bertz CT molecular complexity index is 767. The molecule has 0 atom stereocenters. The number of nitrogens with zero attached hydrogens (tertiary/aromatic N) is 3. The van der Waals surface area contributed by atoms with Crippen LogP contribution in [-0.2, 0) is 4.79 Å². The molecule has 7 nitrogen and oxygen atoms in total. The van der Waals surface area contributed by atoms with E-state index >= 15 is 0 Å². The number of amides is 1. The highest BCUT2D eigenvalue weighted by molar-refractivity contribution is 5.93. The fourth-order valence-electron chi connectivity index (χ4n) is 3.83. The topological polar surface area (TPSA) is 98.5 Å². The molecule has 2 aromatic rings. The lowest BCUT2D eigenvalue weighted by Gasteiger charge is -2.43. The Morgan fingerprint density at radius 2 is 2.25 bits per heavy atom. The van der Waals surface area contributed by atoms with Gasteiger partial charge in [-0.2, -0.15) is 0 Å². The van der Waals surface area contributed by atoms with Crippen LogP contribution in [0.15, 0.2) is 18.5 Å². The third kappa shape index (κ3) is 2.39. The van der Waals surface area contributed by atoms with Gasteiger partial charge in [0.25, 0.3) is 0 Å². The normalized spacial score (nSPS) is 19.2. The van der Waals surface area contributed by atoms with Crippen molar-refractivity contribution in [1.82, 2.24) is 14.9 Å². The van der Waals surface area contributed by atoms with Gasteiger partial charge in [0.05, 0.1) is 17.4 Å². The van der Waals surface area contributed by atoms with Gasteiger partial charge in [-0.05, 0) is 31.9 Å². The second-order valence-electron chi connectivity index (χ2n) is 6.82. The number of piperazine rings is 1. The van der Waals surface area contributed by atoms with Gasteiger partial charge in [-0.25, -0.2) is 4.98 Å². The maximum atomic E-state index is 12.5. The number of nitrogens with two attached hydrogens (primary N) is 1. The van der Waals surface area contributed by atoms with E-state index in [0.29, 0.717) is 26.1 Å². The van der Waals surface area contributed by atoms with Gasteiger partial charge in [0.15, 0.2) is 5.75 Å². The van der Waals surface area contributed by atoms with E-state index in [1.165, 1.54) is 6.20 Å². The van der Waals surface area contributed by atoms with E-state index < -0.39 is 0 Å². The Balaban J connectivity index is 1.59. The number of carbonyl (C=O) groups is 1. The van der Waals surface area contributed by atoms with Crippen LogP contribution in [0.25, 0.3) is 11.0 Å². The maximum absolute atomic E-state index is 12.5. The Morgan fingerprint density at radius 3 is 3.00 bits per heavy atom. The first-order valence-electron chi connectivity index (χ1n) is 8.55. The number of aromatic nitrogens is 2. The van der Waals surface area contributed by atoms with E-state index in [4.69, 9.17) is 5.73 Å². The summed E-state index contributed by atoms with van der Waals surface area (Å²) in [6.45, 7) is 2.72. The van der Waals surface area contributed by atoms with Gasteiger partial charge in [0, 0.05) is 37.6 Å². The van der Waals surface area contributed by atoms with Gasteiger partial charge in [0.1, 0.15) is 5.65 Å². The average molecular weight is 329 g/mol. The first-order chi connectivity index (χ1) is 11.6.